The molecule has 0 aliphatic heterocycles. The summed E-state index contributed by atoms with van der Waals surface area (Å²) in [6, 6.07) is 9.35. The monoisotopic (exact) mass is 234 g/mol. The fourth-order valence-corrected chi connectivity index (χ4v) is 1.55. The number of halogens is 2. The molecule has 1 aromatic heterocycles. The van der Waals surface area contributed by atoms with Crippen molar-refractivity contribution in [3.05, 3.63) is 59.9 Å². The summed E-state index contributed by atoms with van der Waals surface area (Å²) < 4.78 is 26.4. The number of hydrogen-bond donors (Lipinski definition) is 1. The zero-order chi connectivity index (χ0) is 12.3. The quantitative estimate of drug-likeness (QED) is 0.878. The Bertz CT molecular complexity index is 500. The van der Waals surface area contributed by atoms with E-state index >= 15 is 0 Å². The lowest BCUT2D eigenvalue weighted by molar-refractivity contribution is 0.510. The van der Waals surface area contributed by atoms with Gasteiger partial charge in [-0.05, 0) is 31.2 Å². The first-order chi connectivity index (χ1) is 8.18. The van der Waals surface area contributed by atoms with Crippen LogP contribution in [0.25, 0.3) is 0 Å². The van der Waals surface area contributed by atoms with Crippen LogP contribution in [-0.2, 0) is 0 Å². The number of hydrogen-bond acceptors (Lipinski definition) is 2. The van der Waals surface area contributed by atoms with Crippen molar-refractivity contribution in [3.8, 4) is 0 Å². The van der Waals surface area contributed by atoms with Crippen molar-refractivity contribution in [1.29, 1.82) is 0 Å². The molecule has 1 unspecified atom stereocenters. The van der Waals surface area contributed by atoms with Gasteiger partial charge in [0.05, 0.1) is 17.4 Å². The minimum Gasteiger partial charge on any atom is -0.374 e. The normalized spacial score (nSPS) is 12.2. The van der Waals surface area contributed by atoms with Gasteiger partial charge >= 0.3 is 0 Å². The Labute approximate surface area is 98.3 Å². The zero-order valence-electron chi connectivity index (χ0n) is 9.32. The van der Waals surface area contributed by atoms with Crippen molar-refractivity contribution in [1.82, 2.24) is 4.98 Å². The van der Waals surface area contributed by atoms with Crippen LogP contribution in [0.5, 0.6) is 0 Å². The van der Waals surface area contributed by atoms with E-state index < -0.39 is 11.6 Å². The molecule has 1 heterocycles. The molecular weight excluding hydrogens is 222 g/mol. The second kappa shape index (κ2) is 4.91. The second-order valence-corrected chi connectivity index (χ2v) is 3.72. The average Bonchev–Trinajstić information content (AvgIpc) is 2.36. The van der Waals surface area contributed by atoms with Crippen LogP contribution in [0.15, 0.2) is 42.6 Å². The lowest BCUT2D eigenvalue weighted by Crippen LogP contribution is -2.09. The van der Waals surface area contributed by atoms with E-state index in [0.29, 0.717) is 0 Å². The molecule has 0 saturated heterocycles. The molecule has 1 aromatic carbocycles. The fourth-order valence-electron chi connectivity index (χ4n) is 1.55. The highest BCUT2D eigenvalue weighted by Crippen LogP contribution is 2.21. The van der Waals surface area contributed by atoms with E-state index in [4.69, 9.17) is 0 Å². The van der Waals surface area contributed by atoms with E-state index in [-0.39, 0.29) is 11.7 Å². The van der Waals surface area contributed by atoms with E-state index in [2.05, 4.69) is 10.3 Å². The SMILES string of the molecule is CC(Nc1cccc(F)c1F)c1ccccn1. The number of nitrogens with one attached hydrogen (secondary N) is 1. The van der Waals surface area contributed by atoms with Crippen LogP contribution in [-0.4, -0.2) is 4.98 Å². The smallest absolute Gasteiger partial charge is 0.181 e. The van der Waals surface area contributed by atoms with Crippen LogP contribution < -0.4 is 5.32 Å². The minimum absolute atomic E-state index is 0.142. The first kappa shape index (κ1) is 11.5. The van der Waals surface area contributed by atoms with E-state index in [0.717, 1.165) is 11.8 Å². The summed E-state index contributed by atoms with van der Waals surface area (Å²) in [5.41, 5.74) is 0.916. The summed E-state index contributed by atoms with van der Waals surface area (Å²) in [4.78, 5) is 4.15. The molecule has 0 saturated carbocycles. The summed E-state index contributed by atoms with van der Waals surface area (Å²) in [5.74, 6) is -1.72. The maximum Gasteiger partial charge on any atom is 0.181 e. The Morgan fingerprint density at radius 3 is 2.65 bits per heavy atom. The zero-order valence-corrected chi connectivity index (χ0v) is 9.32. The number of anilines is 1. The molecule has 2 nitrogen and oxygen atoms in total. The minimum atomic E-state index is -0.865. The molecule has 0 radical (unpaired) electrons. The topological polar surface area (TPSA) is 24.9 Å². The van der Waals surface area contributed by atoms with Crippen molar-refractivity contribution in [2.75, 3.05) is 5.32 Å². The molecule has 2 rings (SSSR count). The van der Waals surface area contributed by atoms with Gasteiger partial charge in [0.1, 0.15) is 0 Å². The van der Waals surface area contributed by atoms with Gasteiger partial charge in [-0.2, -0.15) is 0 Å². The highest BCUT2D eigenvalue weighted by atomic mass is 19.2. The Kier molecular flexibility index (Phi) is 3.32. The summed E-state index contributed by atoms with van der Waals surface area (Å²) >= 11 is 0. The Morgan fingerprint density at radius 2 is 1.94 bits per heavy atom. The molecule has 1 N–H and O–H groups in total. The van der Waals surface area contributed by atoms with Crippen molar-refractivity contribution in [2.45, 2.75) is 13.0 Å². The Morgan fingerprint density at radius 1 is 1.12 bits per heavy atom. The Hall–Kier alpha value is -1.97. The van der Waals surface area contributed by atoms with Crippen LogP contribution in [0, 0.1) is 11.6 Å². The van der Waals surface area contributed by atoms with Crippen LogP contribution in [0.1, 0.15) is 18.7 Å². The van der Waals surface area contributed by atoms with Gasteiger partial charge in [-0.1, -0.05) is 12.1 Å². The van der Waals surface area contributed by atoms with Crippen molar-refractivity contribution in [2.24, 2.45) is 0 Å². The highest BCUT2D eigenvalue weighted by Gasteiger charge is 2.11. The van der Waals surface area contributed by atoms with Crippen LogP contribution in [0.2, 0.25) is 0 Å². The third-order valence-electron chi connectivity index (χ3n) is 2.46. The molecule has 1 atom stereocenters. The second-order valence-electron chi connectivity index (χ2n) is 3.72. The van der Waals surface area contributed by atoms with Gasteiger partial charge in [-0.15, -0.1) is 0 Å². The lowest BCUT2D eigenvalue weighted by Gasteiger charge is -2.15. The van der Waals surface area contributed by atoms with Gasteiger partial charge in [0, 0.05) is 6.20 Å². The van der Waals surface area contributed by atoms with Crippen LogP contribution in [0.4, 0.5) is 14.5 Å². The lowest BCUT2D eigenvalue weighted by atomic mass is 10.2. The fraction of sp³-hybridized carbons (Fsp3) is 0.154. The molecule has 0 bridgehead atoms. The molecule has 2 aromatic rings. The highest BCUT2D eigenvalue weighted by molar-refractivity contribution is 5.46. The summed E-state index contributed by atoms with van der Waals surface area (Å²) in [6.07, 6.45) is 1.66. The Balaban J connectivity index is 2.19. The molecule has 4 heteroatoms. The molecule has 0 amide bonds. The molecule has 17 heavy (non-hydrogen) atoms. The van der Waals surface area contributed by atoms with E-state index in [1.165, 1.54) is 12.1 Å². The average molecular weight is 234 g/mol. The number of pyridine rings is 1. The molecule has 88 valence electrons. The van der Waals surface area contributed by atoms with E-state index in [1.54, 1.807) is 12.3 Å². The maximum absolute atomic E-state index is 13.4. The summed E-state index contributed by atoms with van der Waals surface area (Å²) in [5, 5.41) is 2.89. The molecule has 0 aliphatic carbocycles. The van der Waals surface area contributed by atoms with Crippen LogP contribution >= 0.6 is 0 Å². The molecular formula is C13H12F2N2. The van der Waals surface area contributed by atoms with Gasteiger partial charge in [0.2, 0.25) is 0 Å². The summed E-state index contributed by atoms with van der Waals surface area (Å²) in [7, 11) is 0. The summed E-state index contributed by atoms with van der Waals surface area (Å²) in [6.45, 7) is 1.84. The first-order valence-electron chi connectivity index (χ1n) is 5.30. The molecule has 0 fully saturated rings. The van der Waals surface area contributed by atoms with Gasteiger partial charge in [-0.3, -0.25) is 4.98 Å². The molecule has 0 aliphatic rings. The maximum atomic E-state index is 13.4. The van der Waals surface area contributed by atoms with Crippen molar-refractivity contribution >= 4 is 5.69 Å². The van der Waals surface area contributed by atoms with Gasteiger partial charge in [0.15, 0.2) is 11.6 Å². The van der Waals surface area contributed by atoms with Crippen molar-refractivity contribution in [3.63, 3.8) is 0 Å². The number of benzene rings is 1. The first-order valence-corrected chi connectivity index (χ1v) is 5.30. The van der Waals surface area contributed by atoms with Gasteiger partial charge < -0.3 is 5.32 Å². The van der Waals surface area contributed by atoms with Gasteiger partial charge in [-0.25, -0.2) is 8.78 Å². The predicted molar refractivity (Wildman–Crippen MR) is 62.6 cm³/mol. The van der Waals surface area contributed by atoms with Crippen LogP contribution in [0.3, 0.4) is 0 Å². The standard InChI is InChI=1S/C13H12F2N2/c1-9(11-6-2-3-8-16-11)17-12-7-4-5-10(14)13(12)15/h2-9,17H,1H3. The number of rotatable bonds is 3. The number of nitrogens with zero attached hydrogens (tertiary/aromatic N) is 1. The third-order valence-corrected chi connectivity index (χ3v) is 2.46. The van der Waals surface area contributed by atoms with Crippen molar-refractivity contribution < 1.29 is 8.78 Å². The predicted octanol–water partition coefficient (Wildman–Crippen LogP) is 3.53. The molecule has 0 spiro atoms. The largest absolute Gasteiger partial charge is 0.374 e. The third kappa shape index (κ3) is 2.58. The van der Waals surface area contributed by atoms with E-state index in [1.807, 2.05) is 19.1 Å². The van der Waals surface area contributed by atoms with E-state index in [9.17, 15) is 8.78 Å². The van der Waals surface area contributed by atoms with Gasteiger partial charge in [0.25, 0.3) is 0 Å². The number of aromatic nitrogens is 1.